The normalized spacial score (nSPS) is 20.5. The minimum absolute atomic E-state index is 0.193. The summed E-state index contributed by atoms with van der Waals surface area (Å²) < 4.78 is 11.2. The van der Waals surface area contributed by atoms with Crippen molar-refractivity contribution in [2.75, 3.05) is 13.2 Å². The summed E-state index contributed by atoms with van der Waals surface area (Å²) in [6.45, 7) is 3.74. The van der Waals surface area contributed by atoms with Gasteiger partial charge in [0.25, 0.3) is 0 Å². The second-order valence-electron chi connectivity index (χ2n) is 18.3. The van der Waals surface area contributed by atoms with Crippen molar-refractivity contribution in [1.29, 1.82) is 0 Å². The van der Waals surface area contributed by atoms with Gasteiger partial charge in [-0.15, -0.1) is 0 Å². The maximum atomic E-state index is 12.9. The van der Waals surface area contributed by atoms with E-state index in [-0.39, 0.29) is 12.5 Å². The molecule has 0 radical (unpaired) electrons. The number of unbranched alkanes of at least 4 members (excludes halogenated alkanes) is 30. The second kappa shape index (κ2) is 43.3. The number of allylic oxidation sites excluding steroid dienone is 5. The molecule has 6 N–H and O–H groups in total. The quantitative estimate of drug-likeness (QED) is 0.0262. The van der Waals surface area contributed by atoms with Crippen LogP contribution < -0.4 is 5.32 Å². The lowest BCUT2D eigenvalue weighted by Crippen LogP contribution is -2.60. The van der Waals surface area contributed by atoms with Gasteiger partial charge in [-0.25, -0.2) is 0 Å². The molecule has 1 aliphatic heterocycles. The molecule has 62 heavy (non-hydrogen) atoms. The fourth-order valence-electron chi connectivity index (χ4n) is 8.25. The summed E-state index contributed by atoms with van der Waals surface area (Å²) >= 11 is 0. The lowest BCUT2D eigenvalue weighted by Gasteiger charge is -2.40. The third kappa shape index (κ3) is 33.0. The highest BCUT2D eigenvalue weighted by Crippen LogP contribution is 2.23. The molecule has 0 saturated carbocycles. The van der Waals surface area contributed by atoms with Crippen LogP contribution in [0.5, 0.6) is 0 Å². The van der Waals surface area contributed by atoms with Gasteiger partial charge >= 0.3 is 0 Å². The van der Waals surface area contributed by atoms with Crippen molar-refractivity contribution >= 4 is 5.91 Å². The highest BCUT2D eigenvalue weighted by atomic mass is 16.7. The summed E-state index contributed by atoms with van der Waals surface area (Å²) in [5.74, 6) is -0.193. The third-order valence-corrected chi connectivity index (χ3v) is 12.4. The Hall–Kier alpha value is -1.59. The van der Waals surface area contributed by atoms with Crippen LogP contribution >= 0.6 is 0 Å². The Morgan fingerprint density at radius 2 is 0.919 bits per heavy atom. The largest absolute Gasteiger partial charge is 0.394 e. The summed E-state index contributed by atoms with van der Waals surface area (Å²) in [7, 11) is 0. The molecule has 7 atom stereocenters. The van der Waals surface area contributed by atoms with Gasteiger partial charge in [-0.3, -0.25) is 4.79 Å². The predicted molar refractivity (Wildman–Crippen MR) is 258 cm³/mol. The van der Waals surface area contributed by atoms with Crippen molar-refractivity contribution in [3.05, 3.63) is 36.5 Å². The van der Waals surface area contributed by atoms with Crippen LogP contribution in [0.4, 0.5) is 0 Å². The number of aliphatic hydroxyl groups is 5. The van der Waals surface area contributed by atoms with Gasteiger partial charge in [-0.05, 0) is 44.9 Å². The number of rotatable bonds is 44. The molecule has 0 bridgehead atoms. The second-order valence-corrected chi connectivity index (χ2v) is 18.3. The number of amides is 1. The Morgan fingerprint density at radius 3 is 1.35 bits per heavy atom. The van der Waals surface area contributed by atoms with E-state index in [2.05, 4.69) is 43.5 Å². The molecule has 1 fully saturated rings. The van der Waals surface area contributed by atoms with Crippen LogP contribution in [0.2, 0.25) is 0 Å². The molecule has 0 aromatic carbocycles. The van der Waals surface area contributed by atoms with E-state index >= 15 is 0 Å². The van der Waals surface area contributed by atoms with Gasteiger partial charge in [-0.1, -0.05) is 224 Å². The van der Waals surface area contributed by atoms with Crippen LogP contribution in [-0.4, -0.2) is 87.5 Å². The van der Waals surface area contributed by atoms with E-state index in [0.717, 1.165) is 44.9 Å². The topological polar surface area (TPSA) is 149 Å². The first-order chi connectivity index (χ1) is 30.3. The maximum Gasteiger partial charge on any atom is 0.220 e. The average molecular weight is 878 g/mol. The number of hydrogen-bond acceptors (Lipinski definition) is 8. The molecule has 1 amide bonds. The van der Waals surface area contributed by atoms with E-state index in [1.54, 1.807) is 6.08 Å². The zero-order valence-corrected chi connectivity index (χ0v) is 40.1. The molecule has 364 valence electrons. The summed E-state index contributed by atoms with van der Waals surface area (Å²) in [5.41, 5.74) is 0. The SMILES string of the molecule is CCCCCCCCCCCCCCCCCCCCC/C=C/CC/C=C/CC/C=C/C(O)C(COC1OC(CO)C(O)C(O)C1O)NC(=O)CCCCCCCCCCCC. The van der Waals surface area contributed by atoms with Gasteiger partial charge in [0.15, 0.2) is 6.29 Å². The molecular weight excluding hydrogens is 779 g/mol. The van der Waals surface area contributed by atoms with E-state index in [1.165, 1.54) is 173 Å². The minimum atomic E-state index is -1.57. The molecule has 9 heteroatoms. The smallest absolute Gasteiger partial charge is 0.220 e. The molecule has 0 aromatic rings. The average Bonchev–Trinajstić information content (AvgIpc) is 3.27. The molecule has 1 heterocycles. The maximum absolute atomic E-state index is 12.9. The first-order valence-corrected chi connectivity index (χ1v) is 26.2. The first kappa shape index (κ1) is 58.4. The minimum Gasteiger partial charge on any atom is -0.394 e. The van der Waals surface area contributed by atoms with E-state index in [9.17, 15) is 30.3 Å². The summed E-state index contributed by atoms with van der Waals surface area (Å²) in [4.78, 5) is 12.9. The summed E-state index contributed by atoms with van der Waals surface area (Å²) in [6.07, 6.45) is 48.0. The molecule has 0 spiro atoms. The van der Waals surface area contributed by atoms with Crippen molar-refractivity contribution in [2.24, 2.45) is 0 Å². The molecule has 0 aromatic heterocycles. The standard InChI is InChI=1S/C53H99NO8/c1-3-5-7-9-11-13-15-16-17-18-19-20-21-22-23-24-25-26-27-28-29-30-31-32-33-34-36-38-40-42-47(56)46(45-61-53-52(60)51(59)50(58)48(44-55)62-53)54-49(57)43-41-39-37-35-14-12-10-8-6-4-2/h29-30,33-34,40,42,46-48,50-53,55-56,58-60H,3-28,31-32,35-39,41,43-45H2,1-2H3,(H,54,57)/b30-29+,34-33+,42-40+. The molecule has 9 nitrogen and oxygen atoms in total. The van der Waals surface area contributed by atoms with E-state index < -0.39 is 49.5 Å². The van der Waals surface area contributed by atoms with Gasteiger partial charge in [0.05, 0.1) is 25.4 Å². The molecule has 1 saturated heterocycles. The highest BCUT2D eigenvalue weighted by Gasteiger charge is 2.44. The zero-order chi connectivity index (χ0) is 45.1. The van der Waals surface area contributed by atoms with Crippen LogP contribution in [-0.2, 0) is 14.3 Å². The number of aliphatic hydroxyl groups excluding tert-OH is 5. The van der Waals surface area contributed by atoms with Crippen molar-refractivity contribution in [3.8, 4) is 0 Å². The van der Waals surface area contributed by atoms with Crippen molar-refractivity contribution < 1.29 is 39.8 Å². The van der Waals surface area contributed by atoms with Gasteiger partial charge in [-0.2, -0.15) is 0 Å². The molecule has 7 unspecified atom stereocenters. The number of hydrogen-bond donors (Lipinski definition) is 6. The highest BCUT2D eigenvalue weighted by molar-refractivity contribution is 5.76. The van der Waals surface area contributed by atoms with Crippen LogP contribution in [0.15, 0.2) is 36.5 Å². The van der Waals surface area contributed by atoms with Crippen molar-refractivity contribution in [3.63, 3.8) is 0 Å². The monoisotopic (exact) mass is 878 g/mol. The first-order valence-electron chi connectivity index (χ1n) is 26.2. The van der Waals surface area contributed by atoms with Gasteiger partial charge in [0, 0.05) is 6.42 Å². The molecular formula is C53H99NO8. The lowest BCUT2D eigenvalue weighted by atomic mass is 9.99. The van der Waals surface area contributed by atoms with E-state index in [4.69, 9.17) is 9.47 Å². The Kier molecular flexibility index (Phi) is 40.8. The zero-order valence-electron chi connectivity index (χ0n) is 40.1. The van der Waals surface area contributed by atoms with Crippen LogP contribution in [0.25, 0.3) is 0 Å². The fraction of sp³-hybridized carbons (Fsp3) is 0.868. The van der Waals surface area contributed by atoms with E-state index in [0.29, 0.717) is 6.42 Å². The summed E-state index contributed by atoms with van der Waals surface area (Å²) in [6, 6.07) is -0.824. The lowest BCUT2D eigenvalue weighted by molar-refractivity contribution is -0.302. The van der Waals surface area contributed by atoms with Crippen molar-refractivity contribution in [1.82, 2.24) is 5.32 Å². The molecule has 1 aliphatic rings. The third-order valence-electron chi connectivity index (χ3n) is 12.4. The Labute approximate surface area is 381 Å². The van der Waals surface area contributed by atoms with Crippen LogP contribution in [0.3, 0.4) is 0 Å². The van der Waals surface area contributed by atoms with Gasteiger partial charge < -0.3 is 40.3 Å². The molecule has 1 rings (SSSR count). The summed E-state index contributed by atoms with van der Waals surface area (Å²) in [5, 5.41) is 54.2. The van der Waals surface area contributed by atoms with Gasteiger partial charge in [0.2, 0.25) is 5.91 Å². The van der Waals surface area contributed by atoms with Crippen LogP contribution in [0.1, 0.15) is 239 Å². The van der Waals surface area contributed by atoms with E-state index in [1.807, 2.05) is 6.08 Å². The fourth-order valence-corrected chi connectivity index (χ4v) is 8.25. The number of carbonyl (C=O) groups excluding carboxylic acids is 1. The van der Waals surface area contributed by atoms with Crippen LogP contribution in [0, 0.1) is 0 Å². The Morgan fingerprint density at radius 1 is 0.532 bits per heavy atom. The Bertz CT molecular complexity index is 1070. The number of carbonyl (C=O) groups is 1. The predicted octanol–water partition coefficient (Wildman–Crippen LogP) is 12.0. The van der Waals surface area contributed by atoms with Gasteiger partial charge in [0.1, 0.15) is 24.4 Å². The number of nitrogens with one attached hydrogen (secondary N) is 1. The van der Waals surface area contributed by atoms with Crippen molar-refractivity contribution in [2.45, 2.75) is 281 Å². The molecule has 0 aliphatic carbocycles. The number of ether oxygens (including phenoxy) is 2. The Balaban J connectivity index is 2.22.